The molecule has 5 aliphatic carbocycles. The average Bonchev–Trinajstić information content (AvgIpc) is 3.64. The fourth-order valence-corrected chi connectivity index (χ4v) is 12.4. The normalized spacial score (nSPS) is 62.4. The van der Waals surface area contributed by atoms with E-state index in [0.29, 0.717) is 18.4 Å². The maximum Gasteiger partial charge on any atom is 0.302 e. The average molecular weight is 527 g/mol. The van der Waals surface area contributed by atoms with Gasteiger partial charge in [-0.15, -0.1) is 0 Å². The van der Waals surface area contributed by atoms with Gasteiger partial charge in [-0.3, -0.25) is 4.79 Å². The van der Waals surface area contributed by atoms with Gasteiger partial charge in [-0.05, 0) is 74.0 Å². The molecule has 0 aromatic heterocycles. The summed E-state index contributed by atoms with van der Waals surface area (Å²) in [4.78, 5) is 12.6. The molecule has 8 aliphatic rings. The van der Waals surface area contributed by atoms with Crippen molar-refractivity contribution >= 4 is 5.97 Å². The van der Waals surface area contributed by atoms with Gasteiger partial charge in [0.15, 0.2) is 5.79 Å². The highest BCUT2D eigenvalue weighted by atomic mass is 16.8. The highest BCUT2D eigenvalue weighted by Gasteiger charge is 2.84. The molecule has 13 atom stereocenters. The summed E-state index contributed by atoms with van der Waals surface area (Å²) < 4.78 is 26.0. The smallest absolute Gasteiger partial charge is 0.302 e. The van der Waals surface area contributed by atoms with Gasteiger partial charge < -0.3 is 24.1 Å². The summed E-state index contributed by atoms with van der Waals surface area (Å²) in [5.74, 6) is 0.308. The first-order chi connectivity index (χ1) is 17.7. The van der Waals surface area contributed by atoms with Crippen LogP contribution in [-0.2, 0) is 23.7 Å². The highest BCUT2D eigenvalue weighted by Crippen LogP contribution is 2.88. The first-order valence-electron chi connectivity index (χ1n) is 15.3. The van der Waals surface area contributed by atoms with E-state index in [1.165, 1.54) is 6.42 Å². The van der Waals surface area contributed by atoms with E-state index in [0.717, 1.165) is 38.5 Å². The molecule has 210 valence electrons. The number of allylic oxidation sites excluding steroid dienone is 2. The summed E-state index contributed by atoms with van der Waals surface area (Å²) in [5, 5.41) is 11.0. The lowest BCUT2D eigenvalue weighted by Gasteiger charge is -2.62. The molecule has 3 heterocycles. The van der Waals surface area contributed by atoms with Crippen LogP contribution in [0.25, 0.3) is 0 Å². The number of carbonyl (C=O) groups excluding carboxylic acids is 1. The Labute approximate surface area is 227 Å². The number of epoxide rings is 1. The second-order valence-corrected chi connectivity index (χ2v) is 16.1. The maximum absolute atomic E-state index is 12.6. The van der Waals surface area contributed by atoms with E-state index in [1.807, 2.05) is 0 Å². The number of ether oxygens (including phenoxy) is 4. The Balaban J connectivity index is 1.24. The lowest BCUT2D eigenvalue weighted by molar-refractivity contribution is -0.307. The summed E-state index contributed by atoms with van der Waals surface area (Å²) in [6.07, 6.45) is 9.10. The third kappa shape index (κ3) is 2.48. The highest BCUT2D eigenvalue weighted by molar-refractivity contribution is 5.66. The Bertz CT molecular complexity index is 1160. The zero-order valence-electron chi connectivity index (χ0n) is 24.3. The van der Waals surface area contributed by atoms with Crippen LogP contribution in [0.2, 0.25) is 0 Å². The largest absolute Gasteiger partial charge is 0.462 e. The van der Waals surface area contributed by atoms with Crippen LogP contribution in [0.3, 0.4) is 0 Å². The number of fused-ring (bicyclic) bond motifs is 6. The second-order valence-electron chi connectivity index (χ2n) is 16.1. The first-order valence-corrected chi connectivity index (χ1v) is 15.3. The van der Waals surface area contributed by atoms with Gasteiger partial charge in [-0.1, -0.05) is 46.3 Å². The number of hydrogen-bond acceptors (Lipinski definition) is 6. The number of aliphatic hydroxyl groups is 1. The van der Waals surface area contributed by atoms with Crippen molar-refractivity contribution < 1.29 is 28.8 Å². The van der Waals surface area contributed by atoms with Gasteiger partial charge in [0.2, 0.25) is 0 Å². The van der Waals surface area contributed by atoms with Gasteiger partial charge in [0, 0.05) is 29.6 Å². The Kier molecular flexibility index (Phi) is 4.40. The van der Waals surface area contributed by atoms with E-state index in [1.54, 1.807) is 12.5 Å². The van der Waals surface area contributed by atoms with Crippen LogP contribution < -0.4 is 0 Å². The van der Waals surface area contributed by atoms with Crippen molar-refractivity contribution in [3.8, 4) is 0 Å². The molecule has 4 saturated carbocycles. The van der Waals surface area contributed by atoms with Crippen LogP contribution in [-0.4, -0.2) is 53.5 Å². The van der Waals surface area contributed by atoms with Crippen molar-refractivity contribution in [3.05, 3.63) is 11.6 Å². The molecule has 6 heteroatoms. The molecular weight excluding hydrogens is 480 g/mol. The predicted molar refractivity (Wildman–Crippen MR) is 140 cm³/mol. The number of rotatable bonds is 1. The van der Waals surface area contributed by atoms with Crippen LogP contribution in [0.15, 0.2) is 11.6 Å². The van der Waals surface area contributed by atoms with E-state index in [4.69, 9.17) is 18.9 Å². The van der Waals surface area contributed by atoms with Crippen LogP contribution in [0, 0.1) is 44.8 Å². The van der Waals surface area contributed by atoms with Crippen molar-refractivity contribution in [1.82, 2.24) is 0 Å². The van der Waals surface area contributed by atoms with Gasteiger partial charge in [0.25, 0.3) is 0 Å². The number of carbonyl (C=O) groups is 1. The number of hydrogen-bond donors (Lipinski definition) is 1. The molecule has 7 fully saturated rings. The van der Waals surface area contributed by atoms with Gasteiger partial charge >= 0.3 is 5.97 Å². The van der Waals surface area contributed by atoms with Crippen LogP contribution in [0.4, 0.5) is 0 Å². The van der Waals surface area contributed by atoms with Gasteiger partial charge in [0.05, 0.1) is 18.8 Å². The van der Waals surface area contributed by atoms with E-state index in [-0.39, 0.29) is 69.0 Å². The predicted octanol–water partition coefficient (Wildman–Crippen LogP) is 5.17. The third-order valence-electron chi connectivity index (χ3n) is 14.3. The minimum absolute atomic E-state index is 0.0227. The Hall–Kier alpha value is -0.950. The standard InChI is InChI=1S/C32H46O6/c1-17-12-32(25-28(6,38-25)16-35-32)37-19-13-27(5)21-9-8-20-26(3,4)22(34)10-11-30(20)15-31(21,30)14-23(36-18(2)33)29(27,7)24(17)19/h9,17,19-20,22-25,34H,8,10-16H2,1-7H3/t17-,19+,20+,22+,23-,24+,25+,27+,28+,29-,30-,31+,32+/m1/s1. The first kappa shape index (κ1) is 24.8. The summed E-state index contributed by atoms with van der Waals surface area (Å²) in [6, 6.07) is 0. The molecule has 0 aromatic carbocycles. The molecule has 8 rings (SSSR count). The fourth-order valence-electron chi connectivity index (χ4n) is 12.4. The molecule has 3 spiro atoms. The zero-order chi connectivity index (χ0) is 26.9. The monoisotopic (exact) mass is 526 g/mol. The second kappa shape index (κ2) is 6.74. The van der Waals surface area contributed by atoms with Crippen molar-refractivity contribution in [1.29, 1.82) is 0 Å². The van der Waals surface area contributed by atoms with Crippen molar-refractivity contribution in [2.24, 2.45) is 44.8 Å². The fraction of sp³-hybridized carbons (Fsp3) is 0.906. The van der Waals surface area contributed by atoms with E-state index in [9.17, 15) is 9.90 Å². The lowest BCUT2D eigenvalue weighted by atomic mass is 9.44. The summed E-state index contributed by atoms with van der Waals surface area (Å²) >= 11 is 0. The minimum Gasteiger partial charge on any atom is -0.462 e. The maximum atomic E-state index is 12.6. The van der Waals surface area contributed by atoms with Crippen molar-refractivity contribution in [3.63, 3.8) is 0 Å². The molecule has 3 saturated heterocycles. The Morgan fingerprint density at radius 3 is 2.53 bits per heavy atom. The molecule has 0 aromatic rings. The van der Waals surface area contributed by atoms with E-state index < -0.39 is 5.79 Å². The molecule has 1 N–H and O–H groups in total. The van der Waals surface area contributed by atoms with Gasteiger partial charge in [-0.2, -0.15) is 0 Å². The molecule has 3 aliphatic heterocycles. The summed E-state index contributed by atoms with van der Waals surface area (Å²) in [6.45, 7) is 16.1. The SMILES string of the molecule is CC(=O)O[C@@H]1C[C@@]23C[C@@]24CC[C@H](O)C(C)(C)[C@@H]4CC=C3[C@]2(C)C[C@@H]3O[C@]4(C[C@@H](C)[C@@H]3[C@@]12C)OC[C@]1(C)O[C@H]41. The van der Waals surface area contributed by atoms with Crippen LogP contribution in [0.1, 0.15) is 93.4 Å². The van der Waals surface area contributed by atoms with Crippen LogP contribution >= 0.6 is 0 Å². The summed E-state index contributed by atoms with van der Waals surface area (Å²) in [7, 11) is 0. The molecule has 0 bridgehead atoms. The lowest BCUT2D eigenvalue weighted by Crippen LogP contribution is -2.61. The Morgan fingerprint density at radius 2 is 1.87 bits per heavy atom. The molecule has 38 heavy (non-hydrogen) atoms. The minimum atomic E-state index is -0.638. The van der Waals surface area contributed by atoms with E-state index in [2.05, 4.69) is 47.6 Å². The van der Waals surface area contributed by atoms with Gasteiger partial charge in [0.1, 0.15) is 17.8 Å². The molecule has 0 unspecified atom stereocenters. The Morgan fingerprint density at radius 1 is 1.11 bits per heavy atom. The quantitative estimate of drug-likeness (QED) is 0.289. The topological polar surface area (TPSA) is 77.5 Å². The zero-order valence-corrected chi connectivity index (χ0v) is 24.3. The van der Waals surface area contributed by atoms with Crippen molar-refractivity contribution in [2.45, 2.75) is 129 Å². The van der Waals surface area contributed by atoms with Gasteiger partial charge in [-0.25, -0.2) is 0 Å². The van der Waals surface area contributed by atoms with E-state index >= 15 is 0 Å². The molecule has 6 nitrogen and oxygen atoms in total. The third-order valence-corrected chi connectivity index (χ3v) is 14.3. The molecule has 0 radical (unpaired) electrons. The molecule has 0 amide bonds. The van der Waals surface area contributed by atoms with Crippen LogP contribution in [0.5, 0.6) is 0 Å². The van der Waals surface area contributed by atoms with Crippen molar-refractivity contribution in [2.75, 3.05) is 6.61 Å². The number of esters is 1. The molecular formula is C32H46O6. The number of aliphatic hydroxyl groups excluding tert-OH is 1. The summed E-state index contributed by atoms with van der Waals surface area (Å²) in [5.41, 5.74) is 1.26.